The van der Waals surface area contributed by atoms with Gasteiger partial charge in [0.2, 0.25) is 5.91 Å². The van der Waals surface area contributed by atoms with Crippen molar-refractivity contribution < 1.29 is 4.79 Å². The fourth-order valence-corrected chi connectivity index (χ4v) is 3.54. The summed E-state index contributed by atoms with van der Waals surface area (Å²) in [6, 6.07) is 12.0. The molecule has 5 nitrogen and oxygen atoms in total. The summed E-state index contributed by atoms with van der Waals surface area (Å²) in [6.45, 7) is 5.72. The van der Waals surface area contributed by atoms with E-state index in [1.54, 1.807) is 22.2 Å². The molecule has 2 aromatic heterocycles. The lowest BCUT2D eigenvalue weighted by Crippen LogP contribution is -2.36. The van der Waals surface area contributed by atoms with Gasteiger partial charge in [0.1, 0.15) is 0 Å². The molecule has 3 aromatic rings. The molecule has 1 aromatic carbocycles. The molecule has 0 spiro atoms. The molecule has 1 atom stereocenters. The predicted molar refractivity (Wildman–Crippen MR) is 98.9 cm³/mol. The molecule has 1 unspecified atom stereocenters. The quantitative estimate of drug-likeness (QED) is 0.652. The molecule has 0 aliphatic carbocycles. The van der Waals surface area contributed by atoms with Gasteiger partial charge in [-0.15, -0.1) is 11.3 Å². The Morgan fingerprint density at radius 3 is 2.68 bits per heavy atom. The Morgan fingerprint density at radius 2 is 2.04 bits per heavy atom. The summed E-state index contributed by atoms with van der Waals surface area (Å²) in [6.07, 6.45) is 3.62. The maximum absolute atomic E-state index is 13.1. The van der Waals surface area contributed by atoms with Crippen molar-refractivity contribution in [3.63, 3.8) is 0 Å². The average molecular weight is 354 g/mol. The lowest BCUT2D eigenvalue weighted by atomic mass is 10.1. The fraction of sp³-hybridized carbons (Fsp3) is 0.316. The Hall–Kier alpha value is -2.47. The van der Waals surface area contributed by atoms with E-state index in [1.165, 1.54) is 0 Å². The van der Waals surface area contributed by atoms with Gasteiger partial charge in [-0.25, -0.2) is 4.98 Å². The summed E-state index contributed by atoms with van der Waals surface area (Å²) < 4.78 is 1.81. The van der Waals surface area contributed by atoms with Crippen LogP contribution in [0.15, 0.2) is 54.3 Å². The molecular formula is C19H22N4OS. The molecule has 25 heavy (non-hydrogen) atoms. The molecule has 0 aliphatic heterocycles. The standard InChI is InChI=1S/C19H22N4OS/c1-15(11-23-10-6-9-21-23)19(24)22(12-17-7-4-3-5-8-17)13-18-16(2)20-14-25-18/h3-10,14-15H,11-13H2,1-2H3. The zero-order valence-corrected chi connectivity index (χ0v) is 15.3. The van der Waals surface area contributed by atoms with E-state index in [4.69, 9.17) is 0 Å². The van der Waals surface area contributed by atoms with Crippen LogP contribution >= 0.6 is 11.3 Å². The van der Waals surface area contributed by atoms with Crippen molar-refractivity contribution in [2.75, 3.05) is 0 Å². The highest BCUT2D eigenvalue weighted by Gasteiger charge is 2.22. The second-order valence-corrected chi connectivity index (χ2v) is 7.11. The van der Waals surface area contributed by atoms with Gasteiger partial charge in [-0.1, -0.05) is 37.3 Å². The van der Waals surface area contributed by atoms with E-state index in [9.17, 15) is 4.79 Å². The summed E-state index contributed by atoms with van der Waals surface area (Å²) in [7, 11) is 0. The lowest BCUT2D eigenvalue weighted by Gasteiger charge is -2.26. The molecule has 6 heteroatoms. The van der Waals surface area contributed by atoms with Gasteiger partial charge < -0.3 is 4.90 Å². The van der Waals surface area contributed by atoms with E-state index < -0.39 is 0 Å². The van der Waals surface area contributed by atoms with Gasteiger partial charge in [0.25, 0.3) is 0 Å². The number of rotatable bonds is 7. The molecular weight excluding hydrogens is 332 g/mol. The topological polar surface area (TPSA) is 51.0 Å². The van der Waals surface area contributed by atoms with Crippen LogP contribution < -0.4 is 0 Å². The van der Waals surface area contributed by atoms with Crippen molar-refractivity contribution in [1.29, 1.82) is 0 Å². The molecule has 0 bridgehead atoms. The molecule has 1 amide bonds. The van der Waals surface area contributed by atoms with E-state index in [-0.39, 0.29) is 11.8 Å². The van der Waals surface area contributed by atoms with Crippen molar-refractivity contribution in [1.82, 2.24) is 19.7 Å². The smallest absolute Gasteiger partial charge is 0.227 e. The summed E-state index contributed by atoms with van der Waals surface area (Å²) in [5.41, 5.74) is 3.96. The first-order valence-electron chi connectivity index (χ1n) is 8.32. The highest BCUT2D eigenvalue weighted by atomic mass is 32.1. The Morgan fingerprint density at radius 1 is 1.24 bits per heavy atom. The number of benzene rings is 1. The number of hydrogen-bond acceptors (Lipinski definition) is 4. The molecule has 130 valence electrons. The van der Waals surface area contributed by atoms with Crippen LogP contribution in [0.1, 0.15) is 23.1 Å². The summed E-state index contributed by atoms with van der Waals surface area (Å²) in [4.78, 5) is 20.4. The van der Waals surface area contributed by atoms with Gasteiger partial charge in [-0.2, -0.15) is 5.10 Å². The van der Waals surface area contributed by atoms with Crippen LogP contribution in [0.5, 0.6) is 0 Å². The summed E-state index contributed by atoms with van der Waals surface area (Å²) in [5.74, 6) is -0.0102. The number of carbonyl (C=O) groups is 1. The van der Waals surface area contributed by atoms with E-state index in [0.717, 1.165) is 16.1 Å². The number of hydrogen-bond donors (Lipinski definition) is 0. The van der Waals surface area contributed by atoms with Crippen molar-refractivity contribution in [2.24, 2.45) is 5.92 Å². The predicted octanol–water partition coefficient (Wildman–Crippen LogP) is 3.51. The number of thiazole rings is 1. The van der Waals surface area contributed by atoms with Crippen LogP contribution in [-0.4, -0.2) is 25.6 Å². The Kier molecular flexibility index (Phi) is 5.60. The van der Waals surface area contributed by atoms with Gasteiger partial charge >= 0.3 is 0 Å². The van der Waals surface area contributed by atoms with Crippen LogP contribution in [0.2, 0.25) is 0 Å². The molecule has 3 rings (SSSR count). The highest BCUT2D eigenvalue weighted by molar-refractivity contribution is 7.09. The number of aromatic nitrogens is 3. The molecule has 0 fully saturated rings. The summed E-state index contributed by atoms with van der Waals surface area (Å²) in [5, 5.41) is 4.21. The van der Waals surface area contributed by atoms with E-state index in [0.29, 0.717) is 19.6 Å². The van der Waals surface area contributed by atoms with Crippen LogP contribution in [0.25, 0.3) is 0 Å². The van der Waals surface area contributed by atoms with Crippen molar-refractivity contribution >= 4 is 17.2 Å². The molecule has 0 radical (unpaired) electrons. The first-order chi connectivity index (χ1) is 12.1. The minimum atomic E-state index is -0.142. The average Bonchev–Trinajstić information content (AvgIpc) is 3.27. The Bertz CT molecular complexity index is 798. The SMILES string of the molecule is Cc1ncsc1CN(Cc1ccccc1)C(=O)C(C)Cn1cccn1. The van der Waals surface area contributed by atoms with Crippen LogP contribution in [0, 0.1) is 12.8 Å². The van der Waals surface area contributed by atoms with Crippen LogP contribution in [-0.2, 0) is 24.4 Å². The monoisotopic (exact) mass is 354 g/mol. The Labute approximate surface area is 151 Å². The van der Waals surface area contributed by atoms with E-state index in [2.05, 4.69) is 22.2 Å². The van der Waals surface area contributed by atoms with Crippen molar-refractivity contribution in [3.8, 4) is 0 Å². The van der Waals surface area contributed by atoms with Gasteiger partial charge in [0, 0.05) is 23.8 Å². The zero-order chi connectivity index (χ0) is 17.6. The van der Waals surface area contributed by atoms with Gasteiger partial charge in [-0.05, 0) is 18.6 Å². The van der Waals surface area contributed by atoms with E-state index in [1.807, 2.05) is 54.7 Å². The van der Waals surface area contributed by atoms with Crippen LogP contribution in [0.4, 0.5) is 0 Å². The van der Waals surface area contributed by atoms with Crippen LogP contribution in [0.3, 0.4) is 0 Å². The first-order valence-corrected chi connectivity index (χ1v) is 9.20. The van der Waals surface area contributed by atoms with E-state index >= 15 is 0 Å². The first kappa shape index (κ1) is 17.4. The number of nitrogens with zero attached hydrogens (tertiary/aromatic N) is 4. The van der Waals surface area contributed by atoms with Gasteiger partial charge in [0.15, 0.2) is 0 Å². The third-order valence-electron chi connectivity index (χ3n) is 4.15. The summed E-state index contributed by atoms with van der Waals surface area (Å²) >= 11 is 1.60. The molecule has 0 saturated heterocycles. The van der Waals surface area contributed by atoms with Crippen molar-refractivity contribution in [3.05, 3.63) is 70.4 Å². The number of aryl methyl sites for hydroxylation is 1. The second-order valence-electron chi connectivity index (χ2n) is 6.17. The normalized spacial score (nSPS) is 12.1. The largest absolute Gasteiger partial charge is 0.333 e. The van der Waals surface area contributed by atoms with Gasteiger partial charge in [0.05, 0.1) is 30.2 Å². The third kappa shape index (κ3) is 4.54. The minimum Gasteiger partial charge on any atom is -0.333 e. The molecule has 2 heterocycles. The highest BCUT2D eigenvalue weighted by Crippen LogP contribution is 2.19. The lowest BCUT2D eigenvalue weighted by molar-refractivity contribution is -0.136. The fourth-order valence-electron chi connectivity index (χ4n) is 2.75. The number of amides is 1. The third-order valence-corrected chi connectivity index (χ3v) is 5.07. The zero-order valence-electron chi connectivity index (χ0n) is 14.5. The molecule has 0 N–H and O–H groups in total. The van der Waals surface area contributed by atoms with Crippen molar-refractivity contribution in [2.45, 2.75) is 33.5 Å². The second kappa shape index (κ2) is 8.07. The molecule has 0 saturated carbocycles. The maximum Gasteiger partial charge on any atom is 0.227 e. The van der Waals surface area contributed by atoms with Gasteiger partial charge in [-0.3, -0.25) is 9.48 Å². The molecule has 0 aliphatic rings. The number of carbonyl (C=O) groups excluding carboxylic acids is 1. The maximum atomic E-state index is 13.1. The minimum absolute atomic E-state index is 0.132. The Balaban J connectivity index is 1.76.